The number of halogens is 1. The largest absolute Gasteiger partial charge is 0.361 e. The van der Waals surface area contributed by atoms with E-state index < -0.39 is 6.23 Å². The van der Waals surface area contributed by atoms with Gasteiger partial charge in [-0.25, -0.2) is 4.79 Å². The molecule has 0 aromatic heterocycles. The highest BCUT2D eigenvalue weighted by Crippen LogP contribution is 2.28. The van der Waals surface area contributed by atoms with Crippen molar-refractivity contribution in [2.24, 2.45) is 0 Å². The highest BCUT2D eigenvalue weighted by Gasteiger charge is 2.28. The zero-order valence-corrected chi connectivity index (χ0v) is 12.7. The average Bonchev–Trinajstić information content (AvgIpc) is 2.57. The third kappa shape index (κ3) is 3.47. The van der Waals surface area contributed by atoms with Crippen molar-refractivity contribution in [1.82, 2.24) is 5.06 Å². The van der Waals surface area contributed by atoms with Crippen molar-refractivity contribution in [2.75, 3.05) is 13.2 Å². The van der Waals surface area contributed by atoms with Crippen molar-refractivity contribution in [2.45, 2.75) is 12.6 Å². The van der Waals surface area contributed by atoms with Gasteiger partial charge in [-0.2, -0.15) is 0 Å². The van der Waals surface area contributed by atoms with Crippen molar-refractivity contribution >= 4 is 17.6 Å². The SMILES string of the molecule is O=C(ON1CCCOC1c1ccc(Cl)cc1)c1ccccc1. The summed E-state index contributed by atoms with van der Waals surface area (Å²) in [6, 6.07) is 16.3. The molecule has 1 heterocycles. The average molecular weight is 318 g/mol. The van der Waals surface area contributed by atoms with Crippen LogP contribution in [0.15, 0.2) is 54.6 Å². The summed E-state index contributed by atoms with van der Waals surface area (Å²) in [7, 11) is 0. The molecule has 0 N–H and O–H groups in total. The van der Waals surface area contributed by atoms with E-state index in [0.717, 1.165) is 12.0 Å². The Morgan fingerprint density at radius 1 is 1.14 bits per heavy atom. The lowest BCUT2D eigenvalue weighted by atomic mass is 10.2. The van der Waals surface area contributed by atoms with E-state index in [4.69, 9.17) is 21.2 Å². The van der Waals surface area contributed by atoms with Crippen molar-refractivity contribution in [3.63, 3.8) is 0 Å². The molecule has 3 rings (SSSR count). The first-order chi connectivity index (χ1) is 10.7. The molecule has 1 aliphatic rings. The lowest BCUT2D eigenvalue weighted by Gasteiger charge is -2.33. The van der Waals surface area contributed by atoms with Crippen LogP contribution in [0.25, 0.3) is 0 Å². The van der Waals surface area contributed by atoms with Crippen LogP contribution in [-0.2, 0) is 9.57 Å². The van der Waals surface area contributed by atoms with E-state index in [1.807, 2.05) is 18.2 Å². The number of ether oxygens (including phenoxy) is 1. The van der Waals surface area contributed by atoms with E-state index >= 15 is 0 Å². The molecular weight excluding hydrogens is 302 g/mol. The maximum Gasteiger partial charge on any atom is 0.357 e. The number of nitrogens with zero attached hydrogens (tertiary/aromatic N) is 1. The zero-order valence-electron chi connectivity index (χ0n) is 11.9. The zero-order chi connectivity index (χ0) is 15.4. The number of rotatable bonds is 3. The fourth-order valence-electron chi connectivity index (χ4n) is 2.33. The van der Waals surface area contributed by atoms with Crippen LogP contribution >= 0.6 is 11.6 Å². The highest BCUT2D eigenvalue weighted by atomic mass is 35.5. The summed E-state index contributed by atoms with van der Waals surface area (Å²) in [5.74, 6) is -0.384. The Hall–Kier alpha value is -1.88. The first-order valence-corrected chi connectivity index (χ1v) is 7.53. The minimum atomic E-state index is -0.404. The molecule has 1 unspecified atom stereocenters. The lowest BCUT2D eigenvalue weighted by Crippen LogP contribution is -2.38. The van der Waals surface area contributed by atoms with Crippen molar-refractivity contribution in [3.8, 4) is 0 Å². The predicted octanol–water partition coefficient (Wildman–Crippen LogP) is 3.83. The monoisotopic (exact) mass is 317 g/mol. The molecule has 22 heavy (non-hydrogen) atoms. The van der Waals surface area contributed by atoms with Crippen LogP contribution in [0.2, 0.25) is 5.02 Å². The molecule has 1 fully saturated rings. The van der Waals surface area contributed by atoms with Crippen molar-refractivity contribution in [3.05, 3.63) is 70.7 Å². The van der Waals surface area contributed by atoms with Crippen LogP contribution < -0.4 is 0 Å². The van der Waals surface area contributed by atoms with Crippen LogP contribution in [0.5, 0.6) is 0 Å². The number of hydrogen-bond donors (Lipinski definition) is 0. The Balaban J connectivity index is 1.75. The summed E-state index contributed by atoms with van der Waals surface area (Å²) in [5, 5.41) is 2.25. The number of hydrogen-bond acceptors (Lipinski definition) is 4. The normalized spacial score (nSPS) is 18.9. The quantitative estimate of drug-likeness (QED) is 0.862. The molecule has 0 bridgehead atoms. The van der Waals surface area contributed by atoms with E-state index in [2.05, 4.69) is 0 Å². The second-order valence-corrected chi connectivity index (χ2v) is 5.45. The standard InChI is InChI=1S/C17H16ClNO3/c18-15-9-7-13(8-10-15)16-19(11-4-12-21-16)22-17(20)14-5-2-1-3-6-14/h1-3,5-10,16H,4,11-12H2. The molecule has 5 heteroatoms. The van der Waals surface area contributed by atoms with E-state index in [-0.39, 0.29) is 5.97 Å². The molecule has 1 atom stereocenters. The van der Waals surface area contributed by atoms with Gasteiger partial charge in [0.15, 0.2) is 6.23 Å². The van der Waals surface area contributed by atoms with Gasteiger partial charge in [0, 0.05) is 11.6 Å². The maximum atomic E-state index is 12.2. The van der Waals surface area contributed by atoms with Crippen LogP contribution in [0.4, 0.5) is 0 Å². The van der Waals surface area contributed by atoms with Crippen molar-refractivity contribution in [1.29, 1.82) is 0 Å². The van der Waals surface area contributed by atoms with Gasteiger partial charge >= 0.3 is 5.97 Å². The number of carbonyl (C=O) groups excluding carboxylic acids is 1. The van der Waals surface area contributed by atoms with Gasteiger partial charge in [-0.05, 0) is 36.2 Å². The molecule has 2 aromatic carbocycles. The molecule has 1 saturated heterocycles. The molecule has 0 aliphatic carbocycles. The van der Waals surface area contributed by atoms with E-state index in [0.29, 0.717) is 23.7 Å². The van der Waals surface area contributed by atoms with Gasteiger partial charge < -0.3 is 9.57 Å². The smallest absolute Gasteiger partial charge is 0.357 e. The third-order valence-electron chi connectivity index (χ3n) is 3.42. The van der Waals surface area contributed by atoms with Crippen LogP contribution in [-0.4, -0.2) is 24.2 Å². The van der Waals surface area contributed by atoms with Gasteiger partial charge in [0.05, 0.1) is 12.2 Å². The number of carbonyl (C=O) groups is 1. The highest BCUT2D eigenvalue weighted by molar-refractivity contribution is 6.30. The van der Waals surface area contributed by atoms with Gasteiger partial charge in [0.25, 0.3) is 0 Å². The summed E-state index contributed by atoms with van der Waals surface area (Å²) in [6.45, 7) is 1.26. The Labute approximate surface area is 134 Å². The fourth-order valence-corrected chi connectivity index (χ4v) is 2.46. The van der Waals surface area contributed by atoms with Gasteiger partial charge in [-0.3, -0.25) is 0 Å². The minimum absolute atomic E-state index is 0.384. The summed E-state index contributed by atoms with van der Waals surface area (Å²) in [5.41, 5.74) is 1.42. The minimum Gasteiger partial charge on any atom is -0.361 e. The summed E-state index contributed by atoms with van der Waals surface area (Å²) in [6.07, 6.45) is 0.408. The Morgan fingerprint density at radius 2 is 1.86 bits per heavy atom. The number of benzene rings is 2. The second kappa shape index (κ2) is 6.92. The molecule has 2 aromatic rings. The molecule has 1 aliphatic heterocycles. The summed E-state index contributed by atoms with van der Waals surface area (Å²) < 4.78 is 5.76. The topological polar surface area (TPSA) is 38.8 Å². The second-order valence-electron chi connectivity index (χ2n) is 5.01. The predicted molar refractivity (Wildman–Crippen MR) is 83.3 cm³/mol. The third-order valence-corrected chi connectivity index (χ3v) is 3.68. The summed E-state index contributed by atoms with van der Waals surface area (Å²) in [4.78, 5) is 17.7. The molecule has 114 valence electrons. The molecular formula is C17H16ClNO3. The van der Waals surface area contributed by atoms with Gasteiger partial charge in [0.1, 0.15) is 0 Å². The Bertz CT molecular complexity index is 630. The van der Waals surface area contributed by atoms with E-state index in [1.54, 1.807) is 41.5 Å². The Kier molecular flexibility index (Phi) is 4.73. The molecule has 0 saturated carbocycles. The van der Waals surface area contributed by atoms with Gasteiger partial charge in [-0.15, -0.1) is 5.06 Å². The van der Waals surface area contributed by atoms with Crippen LogP contribution in [0.1, 0.15) is 28.6 Å². The first-order valence-electron chi connectivity index (χ1n) is 7.15. The number of hydroxylamine groups is 2. The first kappa shape index (κ1) is 15.0. The molecule has 0 spiro atoms. The molecule has 0 radical (unpaired) electrons. The van der Waals surface area contributed by atoms with Crippen molar-refractivity contribution < 1.29 is 14.4 Å². The molecule has 0 amide bonds. The van der Waals surface area contributed by atoms with Crippen LogP contribution in [0.3, 0.4) is 0 Å². The lowest BCUT2D eigenvalue weighted by molar-refractivity contribution is -0.244. The summed E-state index contributed by atoms with van der Waals surface area (Å²) >= 11 is 5.91. The molecule has 4 nitrogen and oxygen atoms in total. The van der Waals surface area contributed by atoms with Gasteiger partial charge in [0.2, 0.25) is 0 Å². The Morgan fingerprint density at radius 3 is 2.59 bits per heavy atom. The van der Waals surface area contributed by atoms with E-state index in [9.17, 15) is 4.79 Å². The van der Waals surface area contributed by atoms with E-state index in [1.165, 1.54) is 0 Å². The van der Waals surface area contributed by atoms with Crippen LogP contribution in [0, 0.1) is 0 Å². The van der Waals surface area contributed by atoms with Gasteiger partial charge in [-0.1, -0.05) is 41.9 Å². The fraction of sp³-hybridized carbons (Fsp3) is 0.235. The maximum absolute atomic E-state index is 12.2.